The molecule has 0 spiro atoms. The number of aromatic nitrogens is 2. The number of amides is 1. The summed E-state index contributed by atoms with van der Waals surface area (Å²) in [7, 11) is 3.86. The molecule has 26 heavy (non-hydrogen) atoms. The van der Waals surface area contributed by atoms with E-state index in [2.05, 4.69) is 9.97 Å². The van der Waals surface area contributed by atoms with Gasteiger partial charge >= 0.3 is 0 Å². The van der Waals surface area contributed by atoms with Crippen molar-refractivity contribution in [2.24, 2.45) is 0 Å². The van der Waals surface area contributed by atoms with Crippen molar-refractivity contribution in [1.29, 1.82) is 0 Å². The number of aromatic amines is 1. The zero-order chi connectivity index (χ0) is 18.8. The van der Waals surface area contributed by atoms with Crippen molar-refractivity contribution in [2.45, 2.75) is 32.7 Å². The summed E-state index contributed by atoms with van der Waals surface area (Å²) in [4.78, 5) is 36.6. The van der Waals surface area contributed by atoms with Gasteiger partial charge in [0.2, 0.25) is 5.91 Å². The second-order valence-electron chi connectivity index (χ2n) is 7.12. The summed E-state index contributed by atoms with van der Waals surface area (Å²) in [5.74, 6) is 0.699. The van der Waals surface area contributed by atoms with Crippen LogP contribution in [0, 0.1) is 13.8 Å². The third-order valence-corrected chi connectivity index (χ3v) is 5.01. The van der Waals surface area contributed by atoms with E-state index in [4.69, 9.17) is 0 Å². The van der Waals surface area contributed by atoms with Gasteiger partial charge in [0.05, 0.1) is 5.69 Å². The highest BCUT2D eigenvalue weighted by Crippen LogP contribution is 2.25. The molecule has 1 amide bonds. The van der Waals surface area contributed by atoms with Crippen molar-refractivity contribution < 1.29 is 4.79 Å². The molecule has 0 fully saturated rings. The number of aryl methyl sites for hydroxylation is 2. The SMILES string of the molecule is Cc1nc2c(c(=O)[nH]1)CCN(C(=O)C(c1ccccc1C)N(C)C)CC2. The summed E-state index contributed by atoms with van der Waals surface area (Å²) in [5, 5.41) is 0. The van der Waals surface area contributed by atoms with E-state index in [1.165, 1.54) is 0 Å². The standard InChI is InChI=1S/C20H26N4O2/c1-13-7-5-6-8-15(13)18(23(3)4)20(26)24-11-9-16-17(10-12-24)21-14(2)22-19(16)25/h5-8,18H,9-12H2,1-4H3,(H,21,22,25). The zero-order valence-corrected chi connectivity index (χ0v) is 15.9. The summed E-state index contributed by atoms with van der Waals surface area (Å²) in [6, 6.07) is 7.67. The molecule has 0 bridgehead atoms. The van der Waals surface area contributed by atoms with Gasteiger partial charge in [-0.3, -0.25) is 14.5 Å². The molecule has 1 aromatic heterocycles. The van der Waals surface area contributed by atoms with Crippen LogP contribution in [0.2, 0.25) is 0 Å². The Labute approximate surface area is 153 Å². The smallest absolute Gasteiger partial charge is 0.254 e. The molecule has 1 atom stereocenters. The Bertz CT molecular complexity index is 872. The topological polar surface area (TPSA) is 69.3 Å². The van der Waals surface area contributed by atoms with Crippen LogP contribution in [0.5, 0.6) is 0 Å². The predicted octanol–water partition coefficient (Wildman–Crippen LogP) is 1.62. The van der Waals surface area contributed by atoms with Crippen molar-refractivity contribution in [3.8, 4) is 0 Å². The van der Waals surface area contributed by atoms with Gasteiger partial charge in [-0.25, -0.2) is 4.98 Å². The van der Waals surface area contributed by atoms with Crippen LogP contribution in [0.15, 0.2) is 29.1 Å². The van der Waals surface area contributed by atoms with E-state index < -0.39 is 0 Å². The number of benzene rings is 1. The van der Waals surface area contributed by atoms with Crippen molar-refractivity contribution in [3.05, 3.63) is 62.8 Å². The molecule has 138 valence electrons. The van der Waals surface area contributed by atoms with Gasteiger partial charge in [0.15, 0.2) is 0 Å². The lowest BCUT2D eigenvalue weighted by molar-refractivity contribution is -0.136. The minimum Gasteiger partial charge on any atom is -0.340 e. The minimum atomic E-state index is -0.328. The van der Waals surface area contributed by atoms with Crippen LogP contribution in [-0.2, 0) is 17.6 Å². The highest BCUT2D eigenvalue weighted by Gasteiger charge is 2.30. The van der Waals surface area contributed by atoms with Crippen LogP contribution in [0.25, 0.3) is 0 Å². The summed E-state index contributed by atoms with van der Waals surface area (Å²) in [6.45, 7) is 4.94. The van der Waals surface area contributed by atoms with Crippen LogP contribution in [-0.4, -0.2) is 52.9 Å². The highest BCUT2D eigenvalue weighted by atomic mass is 16.2. The average Bonchev–Trinajstić information content (AvgIpc) is 2.79. The molecule has 6 nitrogen and oxygen atoms in total. The molecule has 3 rings (SSSR count). The number of hydrogen-bond donors (Lipinski definition) is 1. The molecule has 1 aliphatic heterocycles. The molecule has 1 unspecified atom stereocenters. The lowest BCUT2D eigenvalue weighted by Gasteiger charge is -2.31. The number of nitrogens with zero attached hydrogens (tertiary/aromatic N) is 3. The maximum Gasteiger partial charge on any atom is 0.254 e. The van der Waals surface area contributed by atoms with Gasteiger partial charge in [0, 0.05) is 25.1 Å². The first kappa shape index (κ1) is 18.3. The molecule has 6 heteroatoms. The fourth-order valence-electron chi connectivity index (χ4n) is 3.65. The number of H-pyrrole nitrogens is 1. The van der Waals surface area contributed by atoms with E-state index >= 15 is 0 Å². The van der Waals surface area contributed by atoms with Crippen molar-refractivity contribution in [1.82, 2.24) is 19.8 Å². The van der Waals surface area contributed by atoms with Gasteiger partial charge < -0.3 is 9.88 Å². The Morgan fingerprint density at radius 3 is 2.58 bits per heavy atom. The van der Waals surface area contributed by atoms with Crippen molar-refractivity contribution in [3.63, 3.8) is 0 Å². The van der Waals surface area contributed by atoms with Gasteiger partial charge in [-0.1, -0.05) is 24.3 Å². The fraction of sp³-hybridized carbons (Fsp3) is 0.450. The first-order chi connectivity index (χ1) is 12.4. The normalized spacial score (nSPS) is 15.5. The lowest BCUT2D eigenvalue weighted by Crippen LogP contribution is -2.42. The molecular weight excluding hydrogens is 328 g/mol. The van der Waals surface area contributed by atoms with Crippen LogP contribution in [0.1, 0.15) is 34.3 Å². The molecule has 0 aliphatic carbocycles. The Balaban J connectivity index is 1.87. The van der Waals surface area contributed by atoms with Gasteiger partial charge in [-0.05, 0) is 45.5 Å². The monoisotopic (exact) mass is 354 g/mol. The molecule has 0 radical (unpaired) electrons. The number of fused-ring (bicyclic) bond motifs is 1. The Hall–Kier alpha value is -2.47. The molecule has 2 aromatic rings. The minimum absolute atomic E-state index is 0.0743. The van der Waals surface area contributed by atoms with Crippen LogP contribution in [0.4, 0.5) is 0 Å². The molecule has 0 saturated carbocycles. The van der Waals surface area contributed by atoms with Gasteiger partial charge in [0.25, 0.3) is 5.56 Å². The van der Waals surface area contributed by atoms with Crippen LogP contribution in [0.3, 0.4) is 0 Å². The number of rotatable bonds is 3. The van der Waals surface area contributed by atoms with Gasteiger partial charge in [0.1, 0.15) is 11.9 Å². The van der Waals surface area contributed by atoms with Crippen LogP contribution >= 0.6 is 0 Å². The first-order valence-electron chi connectivity index (χ1n) is 8.98. The second kappa shape index (κ2) is 7.41. The van der Waals surface area contributed by atoms with E-state index in [-0.39, 0.29) is 17.5 Å². The third-order valence-electron chi connectivity index (χ3n) is 5.01. The molecule has 1 N–H and O–H groups in total. The van der Waals surface area contributed by atoms with E-state index in [9.17, 15) is 9.59 Å². The number of hydrogen-bond acceptors (Lipinski definition) is 4. The number of likely N-dealkylation sites (N-methyl/N-ethyl adjacent to an activating group) is 1. The van der Waals surface area contributed by atoms with E-state index in [0.717, 1.165) is 16.8 Å². The third kappa shape index (κ3) is 3.55. The largest absolute Gasteiger partial charge is 0.340 e. The van der Waals surface area contributed by atoms with E-state index in [0.29, 0.717) is 37.3 Å². The summed E-state index contributed by atoms with van der Waals surface area (Å²) < 4.78 is 0. The molecule has 2 heterocycles. The summed E-state index contributed by atoms with van der Waals surface area (Å²) >= 11 is 0. The maximum atomic E-state index is 13.3. The molecule has 0 saturated heterocycles. The molecular formula is C20H26N4O2. The average molecular weight is 354 g/mol. The zero-order valence-electron chi connectivity index (χ0n) is 15.9. The van der Waals surface area contributed by atoms with E-state index in [1.54, 1.807) is 6.92 Å². The summed E-state index contributed by atoms with van der Waals surface area (Å²) in [5.41, 5.74) is 3.58. The number of carbonyl (C=O) groups is 1. The lowest BCUT2D eigenvalue weighted by atomic mass is 9.99. The second-order valence-corrected chi connectivity index (χ2v) is 7.12. The number of nitrogens with one attached hydrogen (secondary N) is 1. The number of carbonyl (C=O) groups excluding carboxylic acids is 1. The Kier molecular flexibility index (Phi) is 5.23. The fourth-order valence-corrected chi connectivity index (χ4v) is 3.65. The molecule has 1 aliphatic rings. The van der Waals surface area contributed by atoms with Crippen LogP contribution < -0.4 is 5.56 Å². The van der Waals surface area contributed by atoms with E-state index in [1.807, 2.05) is 55.1 Å². The van der Waals surface area contributed by atoms with Gasteiger partial charge in [-0.2, -0.15) is 0 Å². The predicted molar refractivity (Wildman–Crippen MR) is 101 cm³/mol. The van der Waals surface area contributed by atoms with Crippen molar-refractivity contribution in [2.75, 3.05) is 27.2 Å². The Morgan fingerprint density at radius 1 is 1.19 bits per heavy atom. The Morgan fingerprint density at radius 2 is 1.88 bits per heavy atom. The van der Waals surface area contributed by atoms with Gasteiger partial charge in [-0.15, -0.1) is 0 Å². The quantitative estimate of drug-likeness (QED) is 0.909. The first-order valence-corrected chi connectivity index (χ1v) is 8.98. The van der Waals surface area contributed by atoms with Crippen molar-refractivity contribution >= 4 is 5.91 Å². The molecule has 1 aromatic carbocycles. The maximum absolute atomic E-state index is 13.3. The highest BCUT2D eigenvalue weighted by molar-refractivity contribution is 5.83. The summed E-state index contributed by atoms with van der Waals surface area (Å²) in [6.07, 6.45) is 1.15.